The fourth-order valence-corrected chi connectivity index (χ4v) is 3.70. The minimum Gasteiger partial charge on any atom is -0.493 e. The zero-order valence-electron chi connectivity index (χ0n) is 20.5. The Morgan fingerprint density at radius 2 is 1.86 bits per heavy atom. The maximum Gasteiger partial charge on any atom is 0.272 e. The first-order valence-electron chi connectivity index (χ1n) is 11.4. The van der Waals surface area contributed by atoms with Gasteiger partial charge in [0.2, 0.25) is 0 Å². The Balaban J connectivity index is 1.79. The predicted octanol–water partition coefficient (Wildman–Crippen LogP) is 6.46. The Kier molecular flexibility index (Phi) is 8.84. The minimum absolute atomic E-state index is 0.0188. The second-order valence-corrected chi connectivity index (χ2v) is 9.27. The van der Waals surface area contributed by atoms with Gasteiger partial charge in [-0.25, -0.2) is 13.2 Å². The molecule has 5 nitrogen and oxygen atoms in total. The van der Waals surface area contributed by atoms with Gasteiger partial charge in [-0.1, -0.05) is 32.4 Å². The lowest BCUT2D eigenvalue weighted by atomic mass is 9.87. The van der Waals surface area contributed by atoms with E-state index in [4.69, 9.17) is 26.1 Å². The van der Waals surface area contributed by atoms with Gasteiger partial charge in [-0.3, -0.25) is 9.78 Å². The summed E-state index contributed by atoms with van der Waals surface area (Å²) in [5.74, 6) is -0.550. The molecular formula is C27H28ClF3N2O3. The van der Waals surface area contributed by atoms with Crippen LogP contribution in [0.4, 0.5) is 13.2 Å². The molecule has 1 amide bonds. The second-order valence-electron chi connectivity index (χ2n) is 8.86. The highest BCUT2D eigenvalue weighted by molar-refractivity contribution is 6.31. The molecule has 0 fully saturated rings. The molecule has 1 aromatic heterocycles. The van der Waals surface area contributed by atoms with Crippen molar-refractivity contribution in [3.05, 3.63) is 76.2 Å². The van der Waals surface area contributed by atoms with Crippen molar-refractivity contribution in [2.24, 2.45) is 0 Å². The van der Waals surface area contributed by atoms with Crippen LogP contribution < -0.4 is 14.8 Å². The normalized spacial score (nSPS) is 11.5. The molecule has 3 aromatic rings. The molecule has 0 radical (unpaired) electrons. The van der Waals surface area contributed by atoms with Gasteiger partial charge in [0.1, 0.15) is 12.4 Å². The van der Waals surface area contributed by atoms with Gasteiger partial charge in [-0.15, -0.1) is 0 Å². The van der Waals surface area contributed by atoms with Crippen molar-refractivity contribution in [3.8, 4) is 22.8 Å². The van der Waals surface area contributed by atoms with Gasteiger partial charge in [0.15, 0.2) is 11.5 Å². The summed E-state index contributed by atoms with van der Waals surface area (Å²) in [4.78, 5) is 17.6. The Hall–Kier alpha value is -3.26. The van der Waals surface area contributed by atoms with Crippen LogP contribution in [0.1, 0.15) is 42.4 Å². The van der Waals surface area contributed by atoms with E-state index in [1.165, 1.54) is 31.4 Å². The smallest absolute Gasteiger partial charge is 0.272 e. The van der Waals surface area contributed by atoms with Crippen LogP contribution in [0.2, 0.25) is 5.02 Å². The van der Waals surface area contributed by atoms with Crippen LogP contribution in [-0.4, -0.2) is 37.6 Å². The average Bonchev–Trinajstić information content (AvgIpc) is 2.87. The van der Waals surface area contributed by atoms with E-state index in [0.717, 1.165) is 17.7 Å². The van der Waals surface area contributed by atoms with E-state index in [1.807, 2.05) is 32.9 Å². The number of benzene rings is 2. The summed E-state index contributed by atoms with van der Waals surface area (Å²) in [6, 6.07) is 12.7. The first-order chi connectivity index (χ1) is 17.0. The topological polar surface area (TPSA) is 60.5 Å². The van der Waals surface area contributed by atoms with Gasteiger partial charge in [0, 0.05) is 28.8 Å². The van der Waals surface area contributed by atoms with E-state index in [9.17, 15) is 18.0 Å². The zero-order valence-corrected chi connectivity index (χ0v) is 21.3. The Bertz CT molecular complexity index is 1230. The monoisotopic (exact) mass is 520 g/mol. The van der Waals surface area contributed by atoms with Crippen molar-refractivity contribution < 1.29 is 27.4 Å². The summed E-state index contributed by atoms with van der Waals surface area (Å²) >= 11 is 5.97. The average molecular weight is 521 g/mol. The summed E-state index contributed by atoms with van der Waals surface area (Å²) in [6.45, 7) is 5.43. The van der Waals surface area contributed by atoms with E-state index >= 15 is 0 Å². The van der Waals surface area contributed by atoms with Crippen LogP contribution in [0.5, 0.6) is 11.5 Å². The maximum absolute atomic E-state index is 13.6. The first kappa shape index (κ1) is 27.3. The molecule has 0 unspecified atom stereocenters. The number of aryl methyl sites for hydroxylation is 1. The molecule has 3 rings (SSSR count). The lowest BCUT2D eigenvalue weighted by Crippen LogP contribution is -2.37. The maximum atomic E-state index is 13.6. The Morgan fingerprint density at radius 1 is 1.11 bits per heavy atom. The number of amides is 1. The first-order valence-corrected chi connectivity index (χ1v) is 11.8. The molecule has 1 heterocycles. The highest BCUT2D eigenvalue weighted by Crippen LogP contribution is 2.30. The fourth-order valence-electron chi connectivity index (χ4n) is 3.52. The van der Waals surface area contributed by atoms with Crippen molar-refractivity contribution in [2.75, 3.05) is 20.3 Å². The number of nitrogens with one attached hydrogen (secondary N) is 1. The summed E-state index contributed by atoms with van der Waals surface area (Å²) in [7, 11) is 1.37. The highest BCUT2D eigenvalue weighted by atomic mass is 35.5. The summed E-state index contributed by atoms with van der Waals surface area (Å²) in [5, 5.41) is 2.92. The van der Waals surface area contributed by atoms with Gasteiger partial charge in [-0.05, 0) is 60.5 Å². The number of aromatic nitrogens is 1. The molecule has 0 aliphatic heterocycles. The van der Waals surface area contributed by atoms with E-state index in [1.54, 1.807) is 12.1 Å². The van der Waals surface area contributed by atoms with Crippen LogP contribution in [0.25, 0.3) is 11.3 Å². The van der Waals surface area contributed by atoms with Crippen LogP contribution in [0.3, 0.4) is 0 Å². The number of halogens is 4. The van der Waals surface area contributed by atoms with E-state index in [0.29, 0.717) is 16.8 Å². The molecule has 0 saturated heterocycles. The summed E-state index contributed by atoms with van der Waals surface area (Å²) in [6.07, 6.45) is -1.86. The number of pyridine rings is 1. The number of carbonyl (C=O) groups excluding carboxylic acids is 1. The summed E-state index contributed by atoms with van der Waals surface area (Å²) in [5.41, 5.74) is 2.90. The SMILES string of the molecule is CCc1cc(-c2ccc(F)c(Cl)c2)nc(C(C)(C)CNC(=O)c2ccc(OCC(F)F)c(OC)c2)c1. The molecule has 0 aliphatic rings. The third kappa shape index (κ3) is 6.69. The number of hydrogen-bond donors (Lipinski definition) is 1. The Labute approximate surface area is 213 Å². The van der Waals surface area contributed by atoms with Gasteiger partial charge in [0.05, 0.1) is 17.8 Å². The van der Waals surface area contributed by atoms with Crippen molar-refractivity contribution in [3.63, 3.8) is 0 Å². The number of carbonyl (C=O) groups is 1. The van der Waals surface area contributed by atoms with Crippen LogP contribution in [0.15, 0.2) is 48.5 Å². The largest absolute Gasteiger partial charge is 0.493 e. The zero-order chi connectivity index (χ0) is 26.5. The number of nitrogens with zero attached hydrogens (tertiary/aromatic N) is 1. The minimum atomic E-state index is -2.62. The van der Waals surface area contributed by atoms with E-state index < -0.39 is 24.3 Å². The second kappa shape index (κ2) is 11.6. The fraction of sp³-hybridized carbons (Fsp3) is 0.333. The molecule has 2 aromatic carbocycles. The molecule has 0 spiro atoms. The molecule has 0 saturated carbocycles. The highest BCUT2D eigenvalue weighted by Gasteiger charge is 2.25. The standard InChI is InChI=1S/C27H28ClF3N2O3/c1-5-16-10-21(17-6-8-20(29)19(28)12-17)33-24(11-16)27(2,3)15-32-26(34)18-7-9-22(23(13-18)35-4)36-14-25(30)31/h6-13,25H,5,14-15H2,1-4H3,(H,32,34). The quantitative estimate of drug-likeness (QED) is 0.333. The molecule has 1 N–H and O–H groups in total. The van der Waals surface area contributed by atoms with Crippen molar-refractivity contribution >= 4 is 17.5 Å². The van der Waals surface area contributed by atoms with Gasteiger partial charge in [-0.2, -0.15) is 0 Å². The van der Waals surface area contributed by atoms with Gasteiger partial charge < -0.3 is 14.8 Å². The third-order valence-electron chi connectivity index (χ3n) is 5.68. The van der Waals surface area contributed by atoms with E-state index in [2.05, 4.69) is 5.32 Å². The number of alkyl halides is 2. The van der Waals surface area contributed by atoms with Gasteiger partial charge in [0.25, 0.3) is 12.3 Å². The van der Waals surface area contributed by atoms with Crippen molar-refractivity contribution in [1.82, 2.24) is 10.3 Å². The van der Waals surface area contributed by atoms with Crippen molar-refractivity contribution in [2.45, 2.75) is 39.0 Å². The van der Waals surface area contributed by atoms with Crippen molar-refractivity contribution in [1.29, 1.82) is 0 Å². The molecule has 0 atom stereocenters. The van der Waals surface area contributed by atoms with Crippen LogP contribution in [0, 0.1) is 5.82 Å². The third-order valence-corrected chi connectivity index (χ3v) is 5.97. The lowest BCUT2D eigenvalue weighted by Gasteiger charge is -2.26. The lowest BCUT2D eigenvalue weighted by molar-refractivity contribution is 0.0803. The predicted molar refractivity (Wildman–Crippen MR) is 134 cm³/mol. The molecule has 192 valence electrons. The van der Waals surface area contributed by atoms with Crippen LogP contribution in [-0.2, 0) is 11.8 Å². The van der Waals surface area contributed by atoms with E-state index in [-0.39, 0.29) is 29.0 Å². The van der Waals surface area contributed by atoms with Crippen LogP contribution >= 0.6 is 11.6 Å². The molecule has 0 bridgehead atoms. The summed E-state index contributed by atoms with van der Waals surface area (Å²) < 4.78 is 48.8. The number of ether oxygens (including phenoxy) is 2. The molecule has 9 heteroatoms. The number of hydrogen-bond acceptors (Lipinski definition) is 4. The van der Waals surface area contributed by atoms with Gasteiger partial charge >= 0.3 is 0 Å². The Morgan fingerprint density at radius 3 is 2.50 bits per heavy atom. The molecule has 0 aliphatic carbocycles. The molecule has 36 heavy (non-hydrogen) atoms. The number of methoxy groups -OCH3 is 1. The number of rotatable bonds is 10. The molecular weight excluding hydrogens is 493 g/mol.